The number of benzene rings is 1. The standard InChI is InChI=1S/C15H19BrN2O.2ClH/c1-18(2)10-9-17-11-14-7-8-15(19-14)12-3-5-13(16)6-4-12;;/h3-8,17H,9-11H2,1-2H3;2*1H. The molecule has 1 aromatic carbocycles. The van der Waals surface area contributed by atoms with E-state index in [9.17, 15) is 0 Å². The van der Waals surface area contributed by atoms with E-state index in [1.54, 1.807) is 0 Å². The Balaban J connectivity index is 0.00000200. The summed E-state index contributed by atoms with van der Waals surface area (Å²) in [6.07, 6.45) is 0. The minimum atomic E-state index is 0. The largest absolute Gasteiger partial charge is 0.460 e. The van der Waals surface area contributed by atoms with Crippen molar-refractivity contribution in [2.75, 3.05) is 27.2 Å². The molecule has 0 bridgehead atoms. The van der Waals surface area contributed by atoms with Gasteiger partial charge in [0.1, 0.15) is 11.5 Å². The van der Waals surface area contributed by atoms with Crippen molar-refractivity contribution in [2.24, 2.45) is 0 Å². The summed E-state index contributed by atoms with van der Waals surface area (Å²) < 4.78 is 6.90. The number of hydrogen-bond acceptors (Lipinski definition) is 3. The van der Waals surface area contributed by atoms with Gasteiger partial charge in [0.15, 0.2) is 0 Å². The Bertz CT molecular complexity index is 515. The lowest BCUT2D eigenvalue weighted by molar-refractivity contribution is 0.392. The topological polar surface area (TPSA) is 28.4 Å². The molecule has 0 unspecified atom stereocenters. The first-order valence-electron chi connectivity index (χ1n) is 6.35. The zero-order valence-corrected chi connectivity index (χ0v) is 15.4. The van der Waals surface area contributed by atoms with Crippen molar-refractivity contribution in [3.05, 3.63) is 46.6 Å². The molecule has 1 N–H and O–H groups in total. The van der Waals surface area contributed by atoms with Crippen LogP contribution in [0.4, 0.5) is 0 Å². The first-order chi connectivity index (χ1) is 9.15. The van der Waals surface area contributed by atoms with E-state index in [2.05, 4.69) is 40.2 Å². The van der Waals surface area contributed by atoms with Crippen LogP contribution in [0.25, 0.3) is 11.3 Å². The quantitative estimate of drug-likeness (QED) is 0.742. The normalized spacial score (nSPS) is 10.1. The lowest BCUT2D eigenvalue weighted by Crippen LogP contribution is -2.25. The summed E-state index contributed by atoms with van der Waals surface area (Å²) in [5.74, 6) is 1.88. The fourth-order valence-corrected chi connectivity index (χ4v) is 2.02. The van der Waals surface area contributed by atoms with Crippen molar-refractivity contribution in [1.82, 2.24) is 10.2 Å². The first kappa shape index (κ1) is 20.5. The van der Waals surface area contributed by atoms with Gasteiger partial charge in [-0.3, -0.25) is 0 Å². The number of nitrogens with one attached hydrogen (secondary N) is 1. The molecule has 0 spiro atoms. The van der Waals surface area contributed by atoms with Gasteiger partial charge in [-0.05, 0) is 38.4 Å². The van der Waals surface area contributed by atoms with Gasteiger partial charge in [-0.15, -0.1) is 24.8 Å². The monoisotopic (exact) mass is 394 g/mol. The fourth-order valence-electron chi connectivity index (χ4n) is 1.76. The molecule has 3 nitrogen and oxygen atoms in total. The second-order valence-corrected chi connectivity index (χ2v) is 5.67. The van der Waals surface area contributed by atoms with E-state index >= 15 is 0 Å². The van der Waals surface area contributed by atoms with Gasteiger partial charge < -0.3 is 14.6 Å². The van der Waals surface area contributed by atoms with Crippen molar-refractivity contribution in [3.8, 4) is 11.3 Å². The fraction of sp³-hybridized carbons (Fsp3) is 0.333. The minimum absolute atomic E-state index is 0. The molecule has 1 aromatic heterocycles. The van der Waals surface area contributed by atoms with Gasteiger partial charge in [-0.25, -0.2) is 0 Å². The van der Waals surface area contributed by atoms with Crippen molar-refractivity contribution >= 4 is 40.7 Å². The third-order valence-corrected chi connectivity index (χ3v) is 3.35. The molecule has 0 atom stereocenters. The second kappa shape index (κ2) is 10.2. The molecular formula is C15H21BrCl2N2O. The summed E-state index contributed by atoms with van der Waals surface area (Å²) >= 11 is 3.43. The van der Waals surface area contributed by atoms with Crippen LogP contribution < -0.4 is 5.32 Å². The van der Waals surface area contributed by atoms with Crippen LogP contribution in [0.2, 0.25) is 0 Å². The summed E-state index contributed by atoms with van der Waals surface area (Å²) in [6.45, 7) is 2.76. The Morgan fingerprint density at radius 2 is 1.71 bits per heavy atom. The average molecular weight is 396 g/mol. The molecule has 21 heavy (non-hydrogen) atoms. The maximum atomic E-state index is 5.83. The number of furan rings is 1. The number of nitrogens with zero attached hydrogens (tertiary/aromatic N) is 1. The molecule has 0 aliphatic carbocycles. The van der Waals surface area contributed by atoms with Crippen molar-refractivity contribution in [1.29, 1.82) is 0 Å². The minimum Gasteiger partial charge on any atom is -0.460 e. The van der Waals surface area contributed by atoms with E-state index in [0.29, 0.717) is 0 Å². The molecular weight excluding hydrogens is 375 g/mol. The zero-order chi connectivity index (χ0) is 13.7. The molecule has 0 amide bonds. The molecule has 0 aliphatic rings. The van der Waals surface area contributed by atoms with Crippen molar-refractivity contribution in [2.45, 2.75) is 6.54 Å². The van der Waals surface area contributed by atoms with Crippen LogP contribution in [0, 0.1) is 0 Å². The third kappa shape index (κ3) is 6.85. The summed E-state index contributed by atoms with van der Waals surface area (Å²) in [7, 11) is 4.14. The maximum Gasteiger partial charge on any atom is 0.134 e. The van der Waals surface area contributed by atoms with Gasteiger partial charge in [-0.2, -0.15) is 0 Å². The third-order valence-electron chi connectivity index (χ3n) is 2.83. The van der Waals surface area contributed by atoms with Gasteiger partial charge in [0.05, 0.1) is 6.54 Å². The number of likely N-dealkylation sites (N-methyl/N-ethyl adjacent to an activating group) is 1. The van der Waals surface area contributed by atoms with E-state index in [0.717, 1.165) is 41.2 Å². The highest BCUT2D eigenvalue weighted by Crippen LogP contribution is 2.23. The maximum absolute atomic E-state index is 5.83. The van der Waals surface area contributed by atoms with Gasteiger partial charge in [0, 0.05) is 23.1 Å². The summed E-state index contributed by atoms with van der Waals surface area (Å²) in [5.41, 5.74) is 1.10. The molecule has 0 aliphatic heterocycles. The van der Waals surface area contributed by atoms with Crippen LogP contribution in [-0.4, -0.2) is 32.1 Å². The Hall–Kier alpha value is -0.520. The first-order valence-corrected chi connectivity index (χ1v) is 7.14. The average Bonchev–Trinajstić information content (AvgIpc) is 2.84. The van der Waals surface area contributed by atoms with Gasteiger partial charge >= 0.3 is 0 Å². The van der Waals surface area contributed by atoms with E-state index < -0.39 is 0 Å². The molecule has 0 fully saturated rings. The van der Waals surface area contributed by atoms with Crippen molar-refractivity contribution in [3.63, 3.8) is 0 Å². The molecule has 2 aromatic rings. The Morgan fingerprint density at radius 1 is 1.05 bits per heavy atom. The summed E-state index contributed by atoms with van der Waals surface area (Å²) in [6, 6.07) is 12.2. The number of hydrogen-bond donors (Lipinski definition) is 1. The molecule has 6 heteroatoms. The summed E-state index contributed by atoms with van der Waals surface area (Å²) in [5, 5.41) is 3.36. The van der Waals surface area contributed by atoms with Crippen LogP contribution in [-0.2, 0) is 6.54 Å². The van der Waals surface area contributed by atoms with Crippen LogP contribution in [0.15, 0.2) is 45.3 Å². The molecule has 0 saturated heterocycles. The lowest BCUT2D eigenvalue weighted by Gasteiger charge is -2.09. The SMILES string of the molecule is CN(C)CCNCc1ccc(-c2ccc(Br)cc2)o1.Cl.Cl. The second-order valence-electron chi connectivity index (χ2n) is 4.75. The summed E-state index contributed by atoms with van der Waals surface area (Å²) in [4.78, 5) is 2.16. The predicted molar refractivity (Wildman–Crippen MR) is 96.6 cm³/mol. The lowest BCUT2D eigenvalue weighted by atomic mass is 10.2. The Labute approximate surface area is 147 Å². The number of rotatable bonds is 6. The van der Waals surface area contributed by atoms with Crippen LogP contribution >= 0.6 is 40.7 Å². The highest BCUT2D eigenvalue weighted by Gasteiger charge is 2.04. The molecule has 0 radical (unpaired) electrons. The van der Waals surface area contributed by atoms with Crippen molar-refractivity contribution < 1.29 is 4.42 Å². The Morgan fingerprint density at radius 3 is 2.33 bits per heavy atom. The molecule has 2 rings (SSSR count). The van der Waals surface area contributed by atoms with Gasteiger partial charge in [0.2, 0.25) is 0 Å². The smallest absolute Gasteiger partial charge is 0.134 e. The predicted octanol–water partition coefficient (Wildman–Crippen LogP) is 4.20. The van der Waals surface area contributed by atoms with Crippen LogP contribution in [0.1, 0.15) is 5.76 Å². The molecule has 118 valence electrons. The van der Waals surface area contributed by atoms with E-state index in [1.807, 2.05) is 36.4 Å². The van der Waals surface area contributed by atoms with E-state index in [1.165, 1.54) is 0 Å². The number of halogens is 3. The van der Waals surface area contributed by atoms with Gasteiger partial charge in [0.25, 0.3) is 0 Å². The molecule has 1 heterocycles. The van der Waals surface area contributed by atoms with Crippen LogP contribution in [0.5, 0.6) is 0 Å². The zero-order valence-electron chi connectivity index (χ0n) is 12.1. The van der Waals surface area contributed by atoms with Gasteiger partial charge in [-0.1, -0.05) is 28.1 Å². The van der Waals surface area contributed by atoms with E-state index in [4.69, 9.17) is 4.42 Å². The highest BCUT2D eigenvalue weighted by molar-refractivity contribution is 9.10. The highest BCUT2D eigenvalue weighted by atomic mass is 79.9. The Kier molecular flexibility index (Phi) is 9.99. The van der Waals surface area contributed by atoms with Crippen LogP contribution in [0.3, 0.4) is 0 Å². The van der Waals surface area contributed by atoms with E-state index in [-0.39, 0.29) is 24.8 Å². The molecule has 0 saturated carbocycles.